The van der Waals surface area contributed by atoms with Crippen molar-refractivity contribution in [3.8, 4) is 0 Å². The molecule has 0 saturated heterocycles. The highest BCUT2D eigenvalue weighted by Gasteiger charge is 2.10. The minimum Gasteiger partial charge on any atom is -0.287 e. The van der Waals surface area contributed by atoms with Crippen molar-refractivity contribution in [2.24, 2.45) is 0 Å². The highest BCUT2D eigenvalue weighted by Crippen LogP contribution is 2.18. The summed E-state index contributed by atoms with van der Waals surface area (Å²) in [6.45, 7) is 1.89. The normalized spacial score (nSPS) is 10.1. The standard InChI is InChI=1S/C12H9ClN2O/c1-8-2-3-9(6-10(8)13)12(16)11-4-5-14-7-15-11/h2-7H,1H3. The number of aryl methyl sites for hydroxylation is 1. The predicted molar refractivity (Wildman–Crippen MR) is 61.7 cm³/mol. The second-order valence-corrected chi connectivity index (χ2v) is 3.79. The van der Waals surface area contributed by atoms with Gasteiger partial charge in [0.2, 0.25) is 5.78 Å². The Bertz CT molecular complexity index is 526. The SMILES string of the molecule is Cc1ccc(C(=O)c2ccncn2)cc1Cl. The summed E-state index contributed by atoms with van der Waals surface area (Å²) in [5.41, 5.74) is 1.85. The summed E-state index contributed by atoms with van der Waals surface area (Å²) in [6, 6.07) is 6.79. The lowest BCUT2D eigenvalue weighted by atomic mass is 10.1. The summed E-state index contributed by atoms with van der Waals surface area (Å²) in [5, 5.41) is 0.583. The van der Waals surface area contributed by atoms with Gasteiger partial charge in [0.15, 0.2) is 0 Å². The zero-order valence-electron chi connectivity index (χ0n) is 8.64. The van der Waals surface area contributed by atoms with Gasteiger partial charge in [0.25, 0.3) is 0 Å². The van der Waals surface area contributed by atoms with E-state index in [-0.39, 0.29) is 5.78 Å². The molecule has 80 valence electrons. The zero-order valence-corrected chi connectivity index (χ0v) is 9.40. The fourth-order valence-corrected chi connectivity index (χ4v) is 1.49. The van der Waals surface area contributed by atoms with E-state index in [2.05, 4.69) is 9.97 Å². The van der Waals surface area contributed by atoms with Crippen molar-refractivity contribution in [2.45, 2.75) is 6.92 Å². The van der Waals surface area contributed by atoms with Crippen LogP contribution < -0.4 is 0 Å². The Kier molecular flexibility index (Phi) is 2.97. The summed E-state index contributed by atoms with van der Waals surface area (Å²) < 4.78 is 0. The number of hydrogen-bond donors (Lipinski definition) is 0. The van der Waals surface area contributed by atoms with Crippen molar-refractivity contribution in [2.75, 3.05) is 0 Å². The van der Waals surface area contributed by atoms with Crippen LogP contribution in [0.1, 0.15) is 21.6 Å². The zero-order chi connectivity index (χ0) is 11.5. The first-order valence-electron chi connectivity index (χ1n) is 4.75. The van der Waals surface area contributed by atoms with E-state index in [1.807, 2.05) is 13.0 Å². The van der Waals surface area contributed by atoms with Crippen LogP contribution in [0.4, 0.5) is 0 Å². The van der Waals surface area contributed by atoms with Gasteiger partial charge in [0, 0.05) is 16.8 Å². The van der Waals surface area contributed by atoms with Gasteiger partial charge in [0.1, 0.15) is 12.0 Å². The summed E-state index contributed by atoms with van der Waals surface area (Å²) in [4.78, 5) is 19.6. The van der Waals surface area contributed by atoms with E-state index in [0.717, 1.165) is 5.56 Å². The minimum atomic E-state index is -0.149. The lowest BCUT2D eigenvalue weighted by Gasteiger charge is -2.02. The van der Waals surface area contributed by atoms with Gasteiger partial charge < -0.3 is 0 Å². The van der Waals surface area contributed by atoms with E-state index >= 15 is 0 Å². The van der Waals surface area contributed by atoms with Crippen molar-refractivity contribution in [3.63, 3.8) is 0 Å². The van der Waals surface area contributed by atoms with Gasteiger partial charge in [-0.15, -0.1) is 0 Å². The van der Waals surface area contributed by atoms with Crippen LogP contribution in [0.3, 0.4) is 0 Å². The largest absolute Gasteiger partial charge is 0.287 e. The number of carbonyl (C=O) groups excluding carboxylic acids is 1. The first kappa shape index (κ1) is 10.8. The van der Waals surface area contributed by atoms with Crippen LogP contribution in [-0.2, 0) is 0 Å². The molecule has 2 rings (SSSR count). The smallest absolute Gasteiger partial charge is 0.211 e. The van der Waals surface area contributed by atoms with Gasteiger partial charge in [-0.3, -0.25) is 4.79 Å². The molecular weight excluding hydrogens is 224 g/mol. The topological polar surface area (TPSA) is 42.9 Å². The first-order valence-corrected chi connectivity index (χ1v) is 5.13. The molecule has 0 aliphatic rings. The van der Waals surface area contributed by atoms with E-state index in [1.165, 1.54) is 12.5 Å². The maximum absolute atomic E-state index is 12.0. The Morgan fingerprint density at radius 2 is 2.12 bits per heavy atom. The van der Waals surface area contributed by atoms with Crippen molar-refractivity contribution >= 4 is 17.4 Å². The van der Waals surface area contributed by atoms with Crippen LogP contribution in [0.5, 0.6) is 0 Å². The maximum atomic E-state index is 12.0. The van der Waals surface area contributed by atoms with E-state index in [9.17, 15) is 4.79 Å². The summed E-state index contributed by atoms with van der Waals surface area (Å²) in [5.74, 6) is -0.149. The van der Waals surface area contributed by atoms with Crippen LogP contribution in [0.15, 0.2) is 36.8 Å². The second-order valence-electron chi connectivity index (χ2n) is 3.39. The van der Waals surface area contributed by atoms with Crippen LogP contribution in [0, 0.1) is 6.92 Å². The van der Waals surface area contributed by atoms with Crippen LogP contribution in [0.2, 0.25) is 5.02 Å². The quantitative estimate of drug-likeness (QED) is 0.748. The van der Waals surface area contributed by atoms with Crippen molar-refractivity contribution in [3.05, 3.63) is 58.6 Å². The minimum absolute atomic E-state index is 0.149. The Morgan fingerprint density at radius 3 is 2.75 bits per heavy atom. The third-order valence-electron chi connectivity index (χ3n) is 2.25. The van der Waals surface area contributed by atoms with Gasteiger partial charge in [0.05, 0.1) is 0 Å². The van der Waals surface area contributed by atoms with E-state index in [1.54, 1.807) is 18.2 Å². The number of aromatic nitrogens is 2. The number of benzene rings is 1. The summed E-state index contributed by atoms with van der Waals surface area (Å²) >= 11 is 5.96. The molecule has 0 aliphatic carbocycles. The Labute approximate surface area is 98.1 Å². The molecule has 1 aromatic heterocycles. The molecule has 0 atom stereocenters. The fourth-order valence-electron chi connectivity index (χ4n) is 1.31. The number of carbonyl (C=O) groups is 1. The molecule has 0 saturated carbocycles. The van der Waals surface area contributed by atoms with Crippen molar-refractivity contribution < 1.29 is 4.79 Å². The summed E-state index contributed by atoms with van der Waals surface area (Å²) in [7, 11) is 0. The van der Waals surface area contributed by atoms with Crippen molar-refractivity contribution in [1.82, 2.24) is 9.97 Å². The van der Waals surface area contributed by atoms with Gasteiger partial charge in [-0.25, -0.2) is 9.97 Å². The molecule has 0 radical (unpaired) electrons. The average Bonchev–Trinajstić information content (AvgIpc) is 2.33. The third-order valence-corrected chi connectivity index (χ3v) is 2.66. The van der Waals surface area contributed by atoms with Crippen molar-refractivity contribution in [1.29, 1.82) is 0 Å². The van der Waals surface area contributed by atoms with Gasteiger partial charge in [-0.2, -0.15) is 0 Å². The Morgan fingerprint density at radius 1 is 1.31 bits per heavy atom. The number of hydrogen-bond acceptors (Lipinski definition) is 3. The maximum Gasteiger partial charge on any atom is 0.211 e. The molecule has 2 aromatic rings. The van der Waals surface area contributed by atoms with Gasteiger partial charge >= 0.3 is 0 Å². The fraction of sp³-hybridized carbons (Fsp3) is 0.0833. The van der Waals surface area contributed by atoms with E-state index < -0.39 is 0 Å². The number of ketones is 1. The van der Waals surface area contributed by atoms with Gasteiger partial charge in [-0.1, -0.05) is 23.7 Å². The third kappa shape index (κ3) is 2.09. The molecule has 1 aromatic carbocycles. The van der Waals surface area contributed by atoms with E-state index in [4.69, 9.17) is 11.6 Å². The number of nitrogens with zero attached hydrogens (tertiary/aromatic N) is 2. The molecular formula is C12H9ClN2O. The highest BCUT2D eigenvalue weighted by molar-refractivity contribution is 6.31. The highest BCUT2D eigenvalue weighted by atomic mass is 35.5. The van der Waals surface area contributed by atoms with E-state index in [0.29, 0.717) is 16.3 Å². The average molecular weight is 233 g/mol. The molecule has 0 fully saturated rings. The molecule has 0 bridgehead atoms. The molecule has 1 heterocycles. The molecule has 0 N–H and O–H groups in total. The Balaban J connectivity index is 2.39. The van der Waals surface area contributed by atoms with Crippen LogP contribution >= 0.6 is 11.6 Å². The molecule has 4 heteroatoms. The Hall–Kier alpha value is -1.74. The lowest BCUT2D eigenvalue weighted by molar-refractivity contribution is 0.103. The molecule has 0 aliphatic heterocycles. The van der Waals surface area contributed by atoms with Crippen LogP contribution in [-0.4, -0.2) is 15.8 Å². The molecule has 0 amide bonds. The first-order chi connectivity index (χ1) is 7.68. The second kappa shape index (κ2) is 4.41. The molecule has 16 heavy (non-hydrogen) atoms. The summed E-state index contributed by atoms with van der Waals surface area (Å²) in [6.07, 6.45) is 2.89. The lowest BCUT2D eigenvalue weighted by Crippen LogP contribution is -2.04. The molecule has 0 spiro atoms. The molecule has 0 unspecified atom stereocenters. The number of halogens is 1. The molecule has 3 nitrogen and oxygen atoms in total. The van der Waals surface area contributed by atoms with Crippen LogP contribution in [0.25, 0.3) is 0 Å². The predicted octanol–water partition coefficient (Wildman–Crippen LogP) is 2.67. The monoisotopic (exact) mass is 232 g/mol. The number of rotatable bonds is 2. The van der Waals surface area contributed by atoms with Gasteiger partial charge in [-0.05, 0) is 24.6 Å².